The standard InChI is InChI=1S/C17H18FN3O3/c1-21-17(23)9-11-8-12(6-7-14(11)20-21)19-16(22)10-24-15-5-3-2-4-13(15)18/h2-5,9,12H,6-8,10H2,1H3,(H,19,22)/t12-/m1/s1. The van der Waals surface area contributed by atoms with Crippen molar-refractivity contribution in [2.24, 2.45) is 7.05 Å². The lowest BCUT2D eigenvalue weighted by Crippen LogP contribution is -2.42. The van der Waals surface area contributed by atoms with Gasteiger partial charge in [-0.15, -0.1) is 0 Å². The van der Waals surface area contributed by atoms with E-state index in [1.165, 1.54) is 16.8 Å². The minimum Gasteiger partial charge on any atom is -0.481 e. The Morgan fingerprint density at radius 3 is 3.04 bits per heavy atom. The van der Waals surface area contributed by atoms with Gasteiger partial charge >= 0.3 is 0 Å². The molecule has 6 nitrogen and oxygen atoms in total. The van der Waals surface area contributed by atoms with E-state index in [-0.39, 0.29) is 29.9 Å². The Morgan fingerprint density at radius 1 is 1.46 bits per heavy atom. The number of ether oxygens (including phenoxy) is 1. The highest BCUT2D eigenvalue weighted by Crippen LogP contribution is 2.18. The Labute approximate surface area is 138 Å². The van der Waals surface area contributed by atoms with Gasteiger partial charge in [0.2, 0.25) is 0 Å². The lowest BCUT2D eigenvalue weighted by Gasteiger charge is -2.24. The Morgan fingerprint density at radius 2 is 2.25 bits per heavy atom. The molecule has 0 saturated carbocycles. The number of para-hydroxylation sites is 1. The van der Waals surface area contributed by atoms with Gasteiger partial charge in [-0.2, -0.15) is 5.10 Å². The summed E-state index contributed by atoms with van der Waals surface area (Å²) in [5.41, 5.74) is 1.60. The molecule has 24 heavy (non-hydrogen) atoms. The normalized spacial score (nSPS) is 16.3. The van der Waals surface area contributed by atoms with Crippen LogP contribution in [0.2, 0.25) is 0 Å². The second-order valence-corrected chi connectivity index (χ2v) is 5.80. The van der Waals surface area contributed by atoms with Gasteiger partial charge < -0.3 is 10.1 Å². The average Bonchev–Trinajstić information content (AvgIpc) is 2.55. The van der Waals surface area contributed by atoms with Gasteiger partial charge in [-0.05, 0) is 37.0 Å². The lowest BCUT2D eigenvalue weighted by molar-refractivity contribution is -0.123. The van der Waals surface area contributed by atoms with Crippen LogP contribution in [0.15, 0.2) is 35.1 Å². The topological polar surface area (TPSA) is 73.2 Å². The fourth-order valence-electron chi connectivity index (χ4n) is 2.78. The predicted octanol–water partition coefficient (Wildman–Crippen LogP) is 0.972. The Hall–Kier alpha value is -2.70. The Kier molecular flexibility index (Phi) is 4.59. The number of amides is 1. The number of carbonyl (C=O) groups is 1. The van der Waals surface area contributed by atoms with Crippen LogP contribution in [0.25, 0.3) is 0 Å². The summed E-state index contributed by atoms with van der Waals surface area (Å²) >= 11 is 0. The number of hydrogen-bond acceptors (Lipinski definition) is 4. The molecule has 1 aromatic heterocycles. The maximum absolute atomic E-state index is 13.4. The van der Waals surface area contributed by atoms with Gasteiger partial charge in [-0.3, -0.25) is 9.59 Å². The molecule has 0 spiro atoms. The monoisotopic (exact) mass is 331 g/mol. The molecule has 3 rings (SSSR count). The molecule has 126 valence electrons. The van der Waals surface area contributed by atoms with Crippen LogP contribution in [-0.4, -0.2) is 28.3 Å². The number of benzene rings is 1. The molecule has 0 saturated heterocycles. The van der Waals surface area contributed by atoms with E-state index in [0.717, 1.165) is 17.7 Å². The number of nitrogens with zero attached hydrogens (tertiary/aromatic N) is 2. The Balaban J connectivity index is 1.57. The number of carbonyl (C=O) groups excluding carboxylic acids is 1. The van der Waals surface area contributed by atoms with E-state index in [0.29, 0.717) is 12.8 Å². The second kappa shape index (κ2) is 6.82. The number of halogens is 1. The first kappa shape index (κ1) is 16.2. The average molecular weight is 331 g/mol. The molecule has 1 amide bonds. The highest BCUT2D eigenvalue weighted by molar-refractivity contribution is 5.77. The molecule has 0 aliphatic heterocycles. The molecule has 1 aliphatic carbocycles. The molecule has 1 N–H and O–H groups in total. The van der Waals surface area contributed by atoms with Crippen LogP contribution in [-0.2, 0) is 24.7 Å². The summed E-state index contributed by atoms with van der Waals surface area (Å²) in [6.07, 6.45) is 2.00. The predicted molar refractivity (Wildman–Crippen MR) is 85.3 cm³/mol. The van der Waals surface area contributed by atoms with Crippen molar-refractivity contribution >= 4 is 5.91 Å². The SMILES string of the molecule is Cn1nc2c(cc1=O)C[C@H](NC(=O)COc1ccccc1F)CC2. The largest absolute Gasteiger partial charge is 0.481 e. The summed E-state index contributed by atoms with van der Waals surface area (Å²) in [5, 5.41) is 7.10. The van der Waals surface area contributed by atoms with Crippen molar-refractivity contribution in [3.63, 3.8) is 0 Å². The van der Waals surface area contributed by atoms with E-state index in [1.807, 2.05) is 0 Å². The van der Waals surface area contributed by atoms with Crippen molar-refractivity contribution in [1.82, 2.24) is 15.1 Å². The van der Waals surface area contributed by atoms with Crippen LogP contribution in [0, 0.1) is 5.82 Å². The van der Waals surface area contributed by atoms with Crippen molar-refractivity contribution in [1.29, 1.82) is 0 Å². The highest BCUT2D eigenvalue weighted by atomic mass is 19.1. The van der Waals surface area contributed by atoms with Gasteiger partial charge in [0.15, 0.2) is 18.2 Å². The van der Waals surface area contributed by atoms with Crippen LogP contribution < -0.4 is 15.6 Å². The van der Waals surface area contributed by atoms with Gasteiger partial charge in [-0.25, -0.2) is 9.07 Å². The van der Waals surface area contributed by atoms with Crippen LogP contribution in [0.1, 0.15) is 17.7 Å². The molecular formula is C17H18FN3O3. The van der Waals surface area contributed by atoms with E-state index < -0.39 is 5.82 Å². The van der Waals surface area contributed by atoms with Crippen molar-refractivity contribution in [3.05, 3.63) is 57.8 Å². The molecule has 1 aromatic carbocycles. The zero-order valence-corrected chi connectivity index (χ0v) is 13.3. The van der Waals surface area contributed by atoms with Crippen LogP contribution in [0.4, 0.5) is 4.39 Å². The molecule has 0 radical (unpaired) electrons. The lowest BCUT2D eigenvalue weighted by atomic mass is 9.92. The maximum atomic E-state index is 13.4. The fraction of sp³-hybridized carbons (Fsp3) is 0.353. The quantitative estimate of drug-likeness (QED) is 0.906. The second-order valence-electron chi connectivity index (χ2n) is 5.80. The molecule has 1 atom stereocenters. The van der Waals surface area contributed by atoms with Crippen molar-refractivity contribution in [2.75, 3.05) is 6.61 Å². The van der Waals surface area contributed by atoms with E-state index in [2.05, 4.69) is 10.4 Å². The molecule has 0 bridgehead atoms. The first-order valence-electron chi connectivity index (χ1n) is 7.75. The van der Waals surface area contributed by atoms with E-state index in [1.54, 1.807) is 25.2 Å². The third-order valence-electron chi connectivity index (χ3n) is 4.01. The van der Waals surface area contributed by atoms with E-state index in [9.17, 15) is 14.0 Å². The number of aryl methyl sites for hydroxylation is 2. The van der Waals surface area contributed by atoms with Crippen LogP contribution >= 0.6 is 0 Å². The smallest absolute Gasteiger partial charge is 0.266 e. The molecule has 0 unspecified atom stereocenters. The van der Waals surface area contributed by atoms with Gasteiger partial charge in [0.05, 0.1) is 5.69 Å². The first-order chi connectivity index (χ1) is 11.5. The molecule has 0 fully saturated rings. The van der Waals surface area contributed by atoms with Crippen LogP contribution in [0.5, 0.6) is 5.75 Å². The number of fused-ring (bicyclic) bond motifs is 1. The molecule has 2 aromatic rings. The number of rotatable bonds is 4. The zero-order valence-electron chi connectivity index (χ0n) is 13.3. The van der Waals surface area contributed by atoms with Gasteiger partial charge in [-0.1, -0.05) is 12.1 Å². The highest BCUT2D eigenvalue weighted by Gasteiger charge is 2.22. The van der Waals surface area contributed by atoms with Crippen LogP contribution in [0.3, 0.4) is 0 Å². The summed E-state index contributed by atoms with van der Waals surface area (Å²) in [6.45, 7) is -0.251. The van der Waals surface area contributed by atoms with Gasteiger partial charge in [0, 0.05) is 19.2 Å². The summed E-state index contributed by atoms with van der Waals surface area (Å²) in [6, 6.07) is 7.43. The first-order valence-corrected chi connectivity index (χ1v) is 7.75. The number of aromatic nitrogens is 2. The minimum absolute atomic E-state index is 0.0503. The molecule has 7 heteroatoms. The molecule has 1 aliphatic rings. The van der Waals surface area contributed by atoms with Crippen molar-refractivity contribution in [2.45, 2.75) is 25.3 Å². The maximum Gasteiger partial charge on any atom is 0.266 e. The van der Waals surface area contributed by atoms with Crippen molar-refractivity contribution < 1.29 is 13.9 Å². The summed E-state index contributed by atoms with van der Waals surface area (Å²) in [4.78, 5) is 23.7. The summed E-state index contributed by atoms with van der Waals surface area (Å²) in [5.74, 6) is -0.767. The van der Waals surface area contributed by atoms with Crippen molar-refractivity contribution in [3.8, 4) is 5.75 Å². The number of nitrogens with one attached hydrogen (secondary N) is 1. The third-order valence-corrected chi connectivity index (χ3v) is 4.01. The van der Waals surface area contributed by atoms with E-state index in [4.69, 9.17) is 4.74 Å². The summed E-state index contributed by atoms with van der Waals surface area (Å²) in [7, 11) is 1.62. The third kappa shape index (κ3) is 3.61. The molecule has 1 heterocycles. The van der Waals surface area contributed by atoms with Gasteiger partial charge in [0.1, 0.15) is 0 Å². The summed E-state index contributed by atoms with van der Waals surface area (Å²) < 4.78 is 20.0. The minimum atomic E-state index is -0.501. The fourth-order valence-corrected chi connectivity index (χ4v) is 2.78. The zero-order chi connectivity index (χ0) is 17.1. The van der Waals surface area contributed by atoms with Gasteiger partial charge in [0.25, 0.3) is 11.5 Å². The van der Waals surface area contributed by atoms with E-state index >= 15 is 0 Å². The Bertz CT molecular complexity index is 819. The molecular weight excluding hydrogens is 313 g/mol. The number of hydrogen-bond donors (Lipinski definition) is 1.